The lowest BCUT2D eigenvalue weighted by Gasteiger charge is -2.23. The molecule has 0 aliphatic carbocycles. The highest BCUT2D eigenvalue weighted by molar-refractivity contribution is 7.99. The van der Waals surface area contributed by atoms with Crippen LogP contribution in [0.15, 0.2) is 23.6 Å². The molecule has 130 valence electrons. The smallest absolute Gasteiger partial charge is 0.233 e. The molecule has 2 aromatic heterocycles. The molecule has 9 heteroatoms. The van der Waals surface area contributed by atoms with Crippen molar-refractivity contribution >= 4 is 17.7 Å². The van der Waals surface area contributed by atoms with Crippen LogP contribution in [0, 0.1) is 0 Å². The largest absolute Gasteiger partial charge is 0.374 e. The van der Waals surface area contributed by atoms with Gasteiger partial charge in [-0.2, -0.15) is 5.10 Å². The first-order valence-corrected chi connectivity index (χ1v) is 9.14. The molecule has 1 fully saturated rings. The van der Waals surface area contributed by atoms with E-state index in [0.717, 1.165) is 25.2 Å². The summed E-state index contributed by atoms with van der Waals surface area (Å²) in [6.45, 7) is 4.65. The van der Waals surface area contributed by atoms with Crippen molar-refractivity contribution in [3.05, 3.63) is 24.3 Å². The molecule has 1 saturated heterocycles. The van der Waals surface area contributed by atoms with Crippen LogP contribution in [0.3, 0.4) is 0 Å². The maximum absolute atomic E-state index is 12.5. The van der Waals surface area contributed by atoms with Crippen molar-refractivity contribution in [3.63, 3.8) is 0 Å². The van der Waals surface area contributed by atoms with Gasteiger partial charge >= 0.3 is 0 Å². The summed E-state index contributed by atoms with van der Waals surface area (Å²) in [4.78, 5) is 18.7. The van der Waals surface area contributed by atoms with Crippen LogP contribution in [0.4, 0.5) is 0 Å². The first-order valence-electron chi connectivity index (χ1n) is 8.15. The molecule has 0 saturated carbocycles. The normalized spacial score (nSPS) is 18.5. The van der Waals surface area contributed by atoms with Crippen LogP contribution in [0.1, 0.15) is 19.2 Å². The molecular formula is C15H22N6O2S. The third-order valence-corrected chi connectivity index (χ3v) is 4.66. The zero-order chi connectivity index (χ0) is 16.8. The number of aromatic amines is 1. The van der Waals surface area contributed by atoms with Crippen LogP contribution in [-0.2, 0) is 22.5 Å². The number of aryl methyl sites for hydroxylation is 1. The fraction of sp³-hybridized carbons (Fsp3) is 0.600. The van der Waals surface area contributed by atoms with Gasteiger partial charge in [-0.3, -0.25) is 14.6 Å². The Kier molecular flexibility index (Phi) is 5.86. The fourth-order valence-corrected chi connectivity index (χ4v) is 3.29. The van der Waals surface area contributed by atoms with Gasteiger partial charge in [0.25, 0.3) is 0 Å². The molecule has 2 aromatic rings. The molecule has 0 bridgehead atoms. The topological polar surface area (TPSA) is 88.9 Å². The average molecular weight is 350 g/mol. The predicted octanol–water partition coefficient (Wildman–Crippen LogP) is 0.973. The molecule has 1 aliphatic heterocycles. The number of nitrogens with zero attached hydrogens (tertiary/aromatic N) is 5. The summed E-state index contributed by atoms with van der Waals surface area (Å²) >= 11 is 1.37. The van der Waals surface area contributed by atoms with E-state index in [1.54, 1.807) is 6.20 Å². The van der Waals surface area contributed by atoms with Crippen LogP contribution in [0.25, 0.3) is 0 Å². The van der Waals surface area contributed by atoms with E-state index < -0.39 is 0 Å². The summed E-state index contributed by atoms with van der Waals surface area (Å²) in [7, 11) is 0. The monoisotopic (exact) mass is 350 g/mol. The summed E-state index contributed by atoms with van der Waals surface area (Å²) in [6, 6.07) is 1.89. The van der Waals surface area contributed by atoms with Gasteiger partial charge in [0.15, 0.2) is 0 Å². The van der Waals surface area contributed by atoms with Crippen molar-refractivity contribution < 1.29 is 9.53 Å². The summed E-state index contributed by atoms with van der Waals surface area (Å²) < 4.78 is 7.69. The SMILES string of the molecule is CCc1nc(SCC(=O)N2CCCO[C@@H](Cn3cccn3)C2)n[nH]1. The highest BCUT2D eigenvalue weighted by Gasteiger charge is 2.23. The quantitative estimate of drug-likeness (QED) is 0.781. The number of H-pyrrole nitrogens is 1. The van der Waals surface area contributed by atoms with Crippen molar-refractivity contribution in [2.45, 2.75) is 37.6 Å². The first kappa shape index (κ1) is 17.0. The number of thioether (sulfide) groups is 1. The second-order valence-electron chi connectivity index (χ2n) is 5.62. The van der Waals surface area contributed by atoms with Crippen LogP contribution in [0.5, 0.6) is 0 Å². The molecule has 8 nitrogen and oxygen atoms in total. The molecule has 0 aromatic carbocycles. The lowest BCUT2D eigenvalue weighted by Crippen LogP contribution is -2.39. The zero-order valence-electron chi connectivity index (χ0n) is 13.7. The predicted molar refractivity (Wildman–Crippen MR) is 89.6 cm³/mol. The molecular weight excluding hydrogens is 328 g/mol. The molecule has 1 amide bonds. The number of rotatable bonds is 6. The second kappa shape index (κ2) is 8.29. The Bertz CT molecular complexity index is 644. The number of ether oxygens (including phenoxy) is 1. The molecule has 1 aliphatic rings. The minimum atomic E-state index is -0.0310. The van der Waals surface area contributed by atoms with E-state index in [1.807, 2.05) is 28.8 Å². The van der Waals surface area contributed by atoms with E-state index in [4.69, 9.17) is 4.74 Å². The van der Waals surface area contributed by atoms with E-state index in [2.05, 4.69) is 20.3 Å². The van der Waals surface area contributed by atoms with Crippen LogP contribution in [-0.4, -0.2) is 67.3 Å². The molecule has 0 spiro atoms. The molecule has 0 unspecified atom stereocenters. The number of amides is 1. The van der Waals surface area contributed by atoms with Gasteiger partial charge in [0.1, 0.15) is 5.82 Å². The van der Waals surface area contributed by atoms with Crippen molar-refractivity contribution in [1.82, 2.24) is 29.9 Å². The van der Waals surface area contributed by atoms with Crippen LogP contribution < -0.4 is 0 Å². The van der Waals surface area contributed by atoms with Crippen LogP contribution in [0.2, 0.25) is 0 Å². The molecule has 3 heterocycles. The summed E-state index contributed by atoms with van der Waals surface area (Å²) in [6.07, 6.45) is 5.28. The Morgan fingerprint density at radius 3 is 3.21 bits per heavy atom. The Hall–Kier alpha value is -1.87. The lowest BCUT2D eigenvalue weighted by atomic mass is 10.3. The highest BCUT2D eigenvalue weighted by atomic mass is 32.2. The van der Waals surface area contributed by atoms with Gasteiger partial charge in [-0.25, -0.2) is 4.98 Å². The summed E-state index contributed by atoms with van der Waals surface area (Å²) in [5.41, 5.74) is 0. The number of nitrogens with one attached hydrogen (secondary N) is 1. The maximum Gasteiger partial charge on any atom is 0.233 e. The molecule has 3 rings (SSSR count). The second-order valence-corrected chi connectivity index (χ2v) is 6.56. The Morgan fingerprint density at radius 2 is 2.46 bits per heavy atom. The van der Waals surface area contributed by atoms with E-state index in [1.165, 1.54) is 11.8 Å². The third kappa shape index (κ3) is 4.57. The summed E-state index contributed by atoms with van der Waals surface area (Å²) in [5, 5.41) is 11.8. The molecule has 1 atom stereocenters. The third-order valence-electron chi connectivity index (χ3n) is 3.82. The maximum atomic E-state index is 12.5. The number of carbonyl (C=O) groups excluding carboxylic acids is 1. The van der Waals surface area contributed by atoms with E-state index in [-0.39, 0.29) is 12.0 Å². The molecule has 1 N–H and O–H groups in total. The van der Waals surface area contributed by atoms with E-state index in [9.17, 15) is 4.79 Å². The van der Waals surface area contributed by atoms with Crippen molar-refractivity contribution in [2.24, 2.45) is 0 Å². The van der Waals surface area contributed by atoms with Gasteiger partial charge in [0.2, 0.25) is 11.1 Å². The summed E-state index contributed by atoms with van der Waals surface area (Å²) in [5.74, 6) is 1.28. The van der Waals surface area contributed by atoms with Gasteiger partial charge in [-0.1, -0.05) is 18.7 Å². The van der Waals surface area contributed by atoms with Gasteiger partial charge in [0.05, 0.1) is 18.4 Å². The Labute approximate surface area is 145 Å². The zero-order valence-corrected chi connectivity index (χ0v) is 14.5. The molecule has 24 heavy (non-hydrogen) atoms. The highest BCUT2D eigenvalue weighted by Crippen LogP contribution is 2.15. The van der Waals surface area contributed by atoms with Crippen molar-refractivity contribution in [2.75, 3.05) is 25.4 Å². The van der Waals surface area contributed by atoms with Crippen molar-refractivity contribution in [1.29, 1.82) is 0 Å². The Morgan fingerprint density at radius 1 is 1.54 bits per heavy atom. The number of aromatic nitrogens is 5. The first-order chi connectivity index (χ1) is 11.7. The van der Waals surface area contributed by atoms with Gasteiger partial charge in [-0.15, -0.1) is 5.10 Å². The number of hydrogen-bond donors (Lipinski definition) is 1. The Balaban J connectivity index is 1.52. The van der Waals surface area contributed by atoms with Gasteiger partial charge in [-0.05, 0) is 12.5 Å². The van der Waals surface area contributed by atoms with Crippen molar-refractivity contribution in [3.8, 4) is 0 Å². The van der Waals surface area contributed by atoms with Crippen LogP contribution >= 0.6 is 11.8 Å². The lowest BCUT2D eigenvalue weighted by molar-refractivity contribution is -0.129. The molecule has 0 radical (unpaired) electrons. The standard InChI is InChI=1S/C15H22N6O2S/c1-2-13-17-15(19-18-13)24-11-14(22)20-6-4-8-23-12(9-20)10-21-7-3-5-16-21/h3,5,7,12H,2,4,6,8-11H2,1H3,(H,17,18,19)/t12-/m1/s1. The van der Waals surface area contributed by atoms with E-state index in [0.29, 0.717) is 30.6 Å². The van der Waals surface area contributed by atoms with Gasteiger partial charge < -0.3 is 9.64 Å². The van der Waals surface area contributed by atoms with E-state index >= 15 is 0 Å². The average Bonchev–Trinajstić information content (AvgIpc) is 3.21. The minimum absolute atomic E-state index is 0.0310. The fourth-order valence-electron chi connectivity index (χ4n) is 2.57. The number of carbonyl (C=O) groups is 1. The number of hydrogen-bond acceptors (Lipinski definition) is 6. The minimum Gasteiger partial charge on any atom is -0.374 e. The van der Waals surface area contributed by atoms with Gasteiger partial charge in [0, 0.05) is 38.5 Å².